The van der Waals surface area contributed by atoms with Gasteiger partial charge in [0, 0.05) is 24.7 Å². The Morgan fingerprint density at radius 1 is 1.33 bits per heavy atom. The molecule has 78 valence electrons. The van der Waals surface area contributed by atoms with Crippen LogP contribution in [0, 0.1) is 11.8 Å². The molecule has 1 heterocycles. The van der Waals surface area contributed by atoms with Crippen LogP contribution in [0.2, 0.25) is 0 Å². The minimum absolute atomic E-state index is 0.344. The van der Waals surface area contributed by atoms with Crippen molar-refractivity contribution in [1.82, 2.24) is 4.90 Å². The van der Waals surface area contributed by atoms with Crippen molar-refractivity contribution in [3.8, 4) is 0 Å². The molecule has 3 nitrogen and oxygen atoms in total. The average Bonchev–Trinajstić information content (AvgIpc) is 2.93. The summed E-state index contributed by atoms with van der Waals surface area (Å²) in [5.74, 6) is 1.36. The summed E-state index contributed by atoms with van der Waals surface area (Å²) in [6.07, 6.45) is 1.12. The molecule has 0 radical (unpaired) electrons. The van der Waals surface area contributed by atoms with Crippen LogP contribution in [0.4, 0.5) is 5.69 Å². The predicted octanol–water partition coefficient (Wildman–Crippen LogP) is 1.25. The summed E-state index contributed by atoms with van der Waals surface area (Å²) >= 11 is 0. The molecule has 3 rings (SSSR count). The normalized spacial score (nSPS) is 28.0. The van der Waals surface area contributed by atoms with Crippen LogP contribution in [0.5, 0.6) is 0 Å². The lowest BCUT2D eigenvalue weighted by molar-refractivity contribution is -0.130. The number of piperidine rings is 1. The SMILES string of the molecule is Nc1ccc(CN2CC3CC3C2=O)cc1. The number of rotatable bonds is 2. The number of hydrogen-bond acceptors (Lipinski definition) is 2. The Bertz CT molecular complexity index is 399. The molecule has 1 aromatic carbocycles. The third-order valence-corrected chi connectivity index (χ3v) is 3.36. The molecule has 1 amide bonds. The first-order chi connectivity index (χ1) is 7.24. The van der Waals surface area contributed by atoms with Gasteiger partial charge in [0.05, 0.1) is 0 Å². The van der Waals surface area contributed by atoms with E-state index in [9.17, 15) is 4.79 Å². The van der Waals surface area contributed by atoms with E-state index >= 15 is 0 Å². The van der Waals surface area contributed by atoms with Crippen LogP contribution in [-0.4, -0.2) is 17.4 Å². The first-order valence-electron chi connectivity index (χ1n) is 5.37. The molecule has 1 aliphatic carbocycles. The lowest BCUT2D eigenvalue weighted by Gasteiger charge is -2.18. The van der Waals surface area contributed by atoms with Gasteiger partial charge in [0.25, 0.3) is 0 Å². The van der Waals surface area contributed by atoms with Gasteiger partial charge in [-0.1, -0.05) is 12.1 Å². The summed E-state index contributed by atoms with van der Waals surface area (Å²) in [4.78, 5) is 13.7. The Kier molecular flexibility index (Phi) is 1.75. The lowest BCUT2D eigenvalue weighted by Crippen LogP contribution is -2.27. The van der Waals surface area contributed by atoms with E-state index in [-0.39, 0.29) is 0 Å². The van der Waals surface area contributed by atoms with Gasteiger partial charge in [0.2, 0.25) is 5.91 Å². The van der Waals surface area contributed by atoms with Gasteiger partial charge in [-0.3, -0.25) is 4.79 Å². The van der Waals surface area contributed by atoms with Gasteiger partial charge in [-0.15, -0.1) is 0 Å². The summed E-state index contributed by atoms with van der Waals surface area (Å²) in [5, 5.41) is 0. The van der Waals surface area contributed by atoms with Gasteiger partial charge in [0.1, 0.15) is 0 Å². The number of likely N-dealkylation sites (tertiary alicyclic amines) is 1. The van der Waals surface area contributed by atoms with Gasteiger partial charge < -0.3 is 10.6 Å². The molecule has 2 N–H and O–H groups in total. The fraction of sp³-hybridized carbons (Fsp3) is 0.417. The standard InChI is InChI=1S/C12H14N2O/c13-10-3-1-8(2-4-10)6-14-7-9-5-11(9)12(14)15/h1-4,9,11H,5-7,13H2. The molecule has 3 heteroatoms. The van der Waals surface area contributed by atoms with E-state index in [1.807, 2.05) is 29.2 Å². The van der Waals surface area contributed by atoms with Gasteiger partial charge in [-0.25, -0.2) is 0 Å². The van der Waals surface area contributed by atoms with Crippen molar-refractivity contribution in [1.29, 1.82) is 0 Å². The average molecular weight is 202 g/mol. The first kappa shape index (κ1) is 8.77. The largest absolute Gasteiger partial charge is 0.399 e. The molecule has 0 aromatic heterocycles. The van der Waals surface area contributed by atoms with Crippen molar-refractivity contribution in [2.75, 3.05) is 12.3 Å². The first-order valence-corrected chi connectivity index (χ1v) is 5.37. The van der Waals surface area contributed by atoms with Crippen molar-refractivity contribution in [3.63, 3.8) is 0 Å². The number of hydrogen-bond donors (Lipinski definition) is 1. The minimum Gasteiger partial charge on any atom is -0.399 e. The maximum absolute atomic E-state index is 11.7. The maximum atomic E-state index is 11.7. The summed E-state index contributed by atoms with van der Waals surface area (Å²) in [6.45, 7) is 1.69. The molecular formula is C12H14N2O. The van der Waals surface area contributed by atoms with Crippen LogP contribution in [0.15, 0.2) is 24.3 Å². The number of benzene rings is 1. The number of carbonyl (C=O) groups excluding carboxylic acids is 1. The minimum atomic E-state index is 0.344. The molecule has 2 aliphatic rings. The number of nitrogens with zero attached hydrogens (tertiary/aromatic N) is 1. The van der Waals surface area contributed by atoms with Gasteiger partial charge in [-0.05, 0) is 30.0 Å². The highest BCUT2D eigenvalue weighted by Gasteiger charge is 2.51. The quantitative estimate of drug-likeness (QED) is 0.733. The Hall–Kier alpha value is -1.51. The van der Waals surface area contributed by atoms with E-state index < -0.39 is 0 Å². The summed E-state index contributed by atoms with van der Waals surface area (Å²) in [6, 6.07) is 7.76. The molecule has 2 atom stereocenters. The Balaban J connectivity index is 1.70. The molecule has 1 aliphatic heterocycles. The molecule has 2 fully saturated rings. The monoisotopic (exact) mass is 202 g/mol. The Morgan fingerprint density at radius 3 is 2.67 bits per heavy atom. The summed E-state index contributed by atoms with van der Waals surface area (Å²) in [5.41, 5.74) is 7.55. The van der Waals surface area contributed by atoms with E-state index in [2.05, 4.69) is 0 Å². The van der Waals surface area contributed by atoms with Gasteiger partial charge in [-0.2, -0.15) is 0 Å². The summed E-state index contributed by atoms with van der Waals surface area (Å²) < 4.78 is 0. The number of carbonyl (C=O) groups is 1. The van der Waals surface area contributed by atoms with Crippen LogP contribution in [-0.2, 0) is 11.3 Å². The molecule has 1 saturated carbocycles. The molecule has 0 bridgehead atoms. The topological polar surface area (TPSA) is 46.3 Å². The van der Waals surface area contributed by atoms with Crippen LogP contribution >= 0.6 is 0 Å². The second-order valence-electron chi connectivity index (χ2n) is 4.56. The number of anilines is 1. The maximum Gasteiger partial charge on any atom is 0.226 e. The van der Waals surface area contributed by atoms with E-state index in [0.717, 1.165) is 25.2 Å². The Labute approximate surface area is 88.9 Å². The molecule has 1 saturated heterocycles. The van der Waals surface area contributed by atoms with Crippen LogP contribution in [0.3, 0.4) is 0 Å². The van der Waals surface area contributed by atoms with Crippen LogP contribution in [0.25, 0.3) is 0 Å². The number of nitrogens with two attached hydrogens (primary N) is 1. The van der Waals surface area contributed by atoms with Crippen LogP contribution < -0.4 is 5.73 Å². The van der Waals surface area contributed by atoms with E-state index in [1.165, 1.54) is 5.56 Å². The zero-order chi connectivity index (χ0) is 10.4. The molecule has 1 aromatic rings. The fourth-order valence-electron chi connectivity index (χ4n) is 2.35. The van der Waals surface area contributed by atoms with Crippen molar-refractivity contribution >= 4 is 11.6 Å². The highest BCUT2D eigenvalue weighted by atomic mass is 16.2. The van der Waals surface area contributed by atoms with E-state index in [4.69, 9.17) is 5.73 Å². The second-order valence-corrected chi connectivity index (χ2v) is 4.56. The Morgan fingerprint density at radius 2 is 2.07 bits per heavy atom. The zero-order valence-corrected chi connectivity index (χ0v) is 8.52. The van der Waals surface area contributed by atoms with Crippen molar-refractivity contribution in [2.45, 2.75) is 13.0 Å². The van der Waals surface area contributed by atoms with Gasteiger partial charge >= 0.3 is 0 Å². The zero-order valence-electron chi connectivity index (χ0n) is 8.52. The molecular weight excluding hydrogens is 188 g/mol. The number of nitrogen functional groups attached to an aromatic ring is 1. The fourth-order valence-corrected chi connectivity index (χ4v) is 2.35. The lowest BCUT2D eigenvalue weighted by atomic mass is 10.2. The van der Waals surface area contributed by atoms with Crippen molar-refractivity contribution < 1.29 is 4.79 Å². The second kappa shape index (κ2) is 2.99. The number of fused-ring (bicyclic) bond motifs is 1. The van der Waals surface area contributed by atoms with E-state index in [1.54, 1.807) is 0 Å². The van der Waals surface area contributed by atoms with Crippen molar-refractivity contribution in [3.05, 3.63) is 29.8 Å². The number of amides is 1. The molecule has 0 spiro atoms. The van der Waals surface area contributed by atoms with E-state index in [0.29, 0.717) is 17.7 Å². The summed E-state index contributed by atoms with van der Waals surface area (Å²) in [7, 11) is 0. The highest BCUT2D eigenvalue weighted by molar-refractivity contribution is 5.84. The smallest absolute Gasteiger partial charge is 0.226 e. The molecule has 15 heavy (non-hydrogen) atoms. The third-order valence-electron chi connectivity index (χ3n) is 3.36. The molecule has 2 unspecified atom stereocenters. The predicted molar refractivity (Wildman–Crippen MR) is 57.9 cm³/mol. The van der Waals surface area contributed by atoms with Crippen LogP contribution in [0.1, 0.15) is 12.0 Å². The third kappa shape index (κ3) is 1.48. The van der Waals surface area contributed by atoms with Gasteiger partial charge in [0.15, 0.2) is 0 Å². The highest BCUT2D eigenvalue weighted by Crippen LogP contribution is 2.46. The van der Waals surface area contributed by atoms with Crippen molar-refractivity contribution in [2.24, 2.45) is 11.8 Å².